The molecule has 2 rings (SSSR count). The molecule has 1 N–H and O–H groups in total. The van der Waals surface area contributed by atoms with E-state index in [0.717, 1.165) is 23.1 Å². The maximum Gasteiger partial charge on any atom is 0.135 e. The highest BCUT2D eigenvalue weighted by Gasteiger charge is 2.44. The average Bonchev–Trinajstić information content (AvgIpc) is 2.74. The Kier molecular flexibility index (Phi) is 3.37. The minimum atomic E-state index is -0.912. The number of aryl methyl sites for hydroxylation is 1. The van der Waals surface area contributed by atoms with E-state index < -0.39 is 5.60 Å². The Labute approximate surface area is 104 Å². The van der Waals surface area contributed by atoms with Gasteiger partial charge in [-0.15, -0.1) is 0 Å². The number of aromatic nitrogens is 2. The van der Waals surface area contributed by atoms with Gasteiger partial charge >= 0.3 is 0 Å². The lowest BCUT2D eigenvalue weighted by molar-refractivity contribution is -0.0383. The first-order valence-corrected chi connectivity index (χ1v) is 6.44. The molecule has 0 bridgehead atoms. The number of aliphatic hydroxyl groups is 1. The third-order valence-corrected chi connectivity index (χ3v) is 3.74. The molecule has 0 amide bonds. The number of ether oxygens (including phenoxy) is 1. The fraction of sp³-hybridized carbons (Fsp3) is 0.727. The van der Waals surface area contributed by atoms with Gasteiger partial charge in [0.25, 0.3) is 0 Å². The van der Waals surface area contributed by atoms with Gasteiger partial charge in [-0.2, -0.15) is 5.10 Å². The molecule has 0 spiro atoms. The molecular formula is C11H17BrN2O2. The first kappa shape index (κ1) is 12.1. The molecule has 5 heteroatoms. The summed E-state index contributed by atoms with van der Waals surface area (Å²) in [5.41, 5.74) is -0.0656. The molecule has 1 aliphatic rings. The van der Waals surface area contributed by atoms with Crippen LogP contribution in [0.1, 0.15) is 32.4 Å². The van der Waals surface area contributed by atoms with Crippen molar-refractivity contribution < 1.29 is 9.84 Å². The summed E-state index contributed by atoms with van der Waals surface area (Å²) in [6.45, 7) is 5.41. The molecule has 0 aliphatic carbocycles. The van der Waals surface area contributed by atoms with Gasteiger partial charge in [0.05, 0.1) is 29.1 Å². The molecule has 4 nitrogen and oxygen atoms in total. The fourth-order valence-corrected chi connectivity index (χ4v) is 2.86. The van der Waals surface area contributed by atoms with Crippen molar-refractivity contribution in [1.82, 2.24) is 9.78 Å². The summed E-state index contributed by atoms with van der Waals surface area (Å²) in [6, 6.07) is 0. The number of hydrogen-bond acceptors (Lipinski definition) is 3. The van der Waals surface area contributed by atoms with E-state index in [9.17, 15) is 5.11 Å². The molecule has 2 unspecified atom stereocenters. The van der Waals surface area contributed by atoms with Crippen molar-refractivity contribution in [1.29, 1.82) is 0 Å². The molecular weight excluding hydrogens is 272 g/mol. The first-order chi connectivity index (χ1) is 7.59. The normalized spacial score (nSPS) is 29.9. The molecule has 2 heterocycles. The maximum absolute atomic E-state index is 10.7. The van der Waals surface area contributed by atoms with Crippen molar-refractivity contribution in [2.75, 3.05) is 6.61 Å². The second-order valence-electron chi connectivity index (χ2n) is 4.25. The highest BCUT2D eigenvalue weighted by atomic mass is 79.9. The number of halogens is 1. The summed E-state index contributed by atoms with van der Waals surface area (Å²) in [7, 11) is 0. The molecule has 0 radical (unpaired) electrons. The van der Waals surface area contributed by atoms with E-state index >= 15 is 0 Å². The number of rotatable bonds is 3. The monoisotopic (exact) mass is 288 g/mol. The SMILES string of the molecule is CCCn1ncc(Br)c1C1(O)CCOC1C. The van der Waals surface area contributed by atoms with Gasteiger partial charge < -0.3 is 9.84 Å². The lowest BCUT2D eigenvalue weighted by atomic mass is 9.92. The zero-order chi connectivity index (χ0) is 11.8. The topological polar surface area (TPSA) is 47.3 Å². The fourth-order valence-electron chi connectivity index (χ4n) is 2.22. The van der Waals surface area contributed by atoms with Crippen LogP contribution in [0.4, 0.5) is 0 Å². The van der Waals surface area contributed by atoms with Gasteiger partial charge in [0.2, 0.25) is 0 Å². The van der Waals surface area contributed by atoms with Gasteiger partial charge in [0.1, 0.15) is 5.60 Å². The summed E-state index contributed by atoms with van der Waals surface area (Å²) in [5.74, 6) is 0. The highest BCUT2D eigenvalue weighted by molar-refractivity contribution is 9.10. The summed E-state index contributed by atoms with van der Waals surface area (Å²) >= 11 is 3.46. The van der Waals surface area contributed by atoms with Crippen LogP contribution in [0.5, 0.6) is 0 Å². The van der Waals surface area contributed by atoms with E-state index in [1.54, 1.807) is 6.20 Å². The Morgan fingerprint density at radius 2 is 2.50 bits per heavy atom. The molecule has 1 fully saturated rings. The maximum atomic E-state index is 10.7. The van der Waals surface area contributed by atoms with Crippen LogP contribution in [0.15, 0.2) is 10.7 Å². The van der Waals surface area contributed by atoms with Gasteiger partial charge in [-0.25, -0.2) is 0 Å². The van der Waals surface area contributed by atoms with Gasteiger partial charge in [-0.1, -0.05) is 6.92 Å². The summed E-state index contributed by atoms with van der Waals surface area (Å²) in [4.78, 5) is 0. The van der Waals surface area contributed by atoms with E-state index in [4.69, 9.17) is 4.74 Å². The standard InChI is InChI=1S/C11H17BrN2O2/c1-3-5-14-10(9(12)7-13-14)11(15)4-6-16-8(11)2/h7-8,15H,3-6H2,1-2H3. The van der Waals surface area contributed by atoms with Crippen LogP contribution in [-0.2, 0) is 16.9 Å². The van der Waals surface area contributed by atoms with E-state index in [-0.39, 0.29) is 6.10 Å². The van der Waals surface area contributed by atoms with Crippen molar-refractivity contribution in [3.63, 3.8) is 0 Å². The van der Waals surface area contributed by atoms with Crippen molar-refractivity contribution >= 4 is 15.9 Å². The third kappa shape index (κ3) is 1.81. The van der Waals surface area contributed by atoms with Gasteiger partial charge in [0, 0.05) is 13.0 Å². The number of hydrogen-bond donors (Lipinski definition) is 1. The van der Waals surface area contributed by atoms with Gasteiger partial charge in [-0.05, 0) is 29.3 Å². The zero-order valence-electron chi connectivity index (χ0n) is 9.61. The second kappa shape index (κ2) is 4.47. The largest absolute Gasteiger partial charge is 0.381 e. The van der Waals surface area contributed by atoms with Crippen molar-refractivity contribution in [2.24, 2.45) is 0 Å². The number of nitrogens with zero attached hydrogens (tertiary/aromatic N) is 2. The Morgan fingerprint density at radius 1 is 1.75 bits per heavy atom. The summed E-state index contributed by atoms with van der Waals surface area (Å²) in [5, 5.41) is 15.0. The predicted octanol–water partition coefficient (Wildman–Crippen LogP) is 2.05. The Hall–Kier alpha value is -0.390. The van der Waals surface area contributed by atoms with Crippen molar-refractivity contribution in [2.45, 2.75) is 44.9 Å². The molecule has 16 heavy (non-hydrogen) atoms. The van der Waals surface area contributed by atoms with Crippen LogP contribution < -0.4 is 0 Å². The molecule has 0 aromatic carbocycles. The molecule has 2 atom stereocenters. The van der Waals surface area contributed by atoms with Gasteiger partial charge in [-0.3, -0.25) is 4.68 Å². The Bertz CT molecular complexity index is 380. The molecule has 1 aromatic rings. The lowest BCUT2D eigenvalue weighted by Crippen LogP contribution is -2.36. The van der Waals surface area contributed by atoms with E-state index in [1.165, 1.54) is 0 Å². The van der Waals surface area contributed by atoms with Crippen molar-refractivity contribution in [3.05, 3.63) is 16.4 Å². The quantitative estimate of drug-likeness (QED) is 0.926. The Balaban J connectivity index is 2.41. The van der Waals surface area contributed by atoms with Gasteiger partial charge in [0.15, 0.2) is 0 Å². The minimum absolute atomic E-state index is 0.184. The van der Waals surface area contributed by atoms with Crippen molar-refractivity contribution in [3.8, 4) is 0 Å². The van der Waals surface area contributed by atoms with Crippen LogP contribution in [0.2, 0.25) is 0 Å². The highest BCUT2D eigenvalue weighted by Crippen LogP contribution is 2.39. The van der Waals surface area contributed by atoms with Crippen LogP contribution in [0.25, 0.3) is 0 Å². The van der Waals surface area contributed by atoms with E-state index in [2.05, 4.69) is 28.0 Å². The first-order valence-electron chi connectivity index (χ1n) is 5.65. The predicted molar refractivity (Wildman–Crippen MR) is 64.1 cm³/mol. The lowest BCUT2D eigenvalue weighted by Gasteiger charge is -2.27. The molecule has 1 saturated heterocycles. The second-order valence-corrected chi connectivity index (χ2v) is 5.11. The zero-order valence-corrected chi connectivity index (χ0v) is 11.2. The summed E-state index contributed by atoms with van der Waals surface area (Å²) in [6.07, 6.45) is 3.18. The van der Waals surface area contributed by atoms with Crippen LogP contribution >= 0.6 is 15.9 Å². The average molecular weight is 289 g/mol. The molecule has 1 aromatic heterocycles. The minimum Gasteiger partial charge on any atom is -0.381 e. The van der Waals surface area contributed by atoms with Crippen LogP contribution in [0, 0.1) is 0 Å². The molecule has 0 saturated carbocycles. The van der Waals surface area contributed by atoms with E-state index in [1.807, 2.05) is 11.6 Å². The Morgan fingerprint density at radius 3 is 3.06 bits per heavy atom. The molecule has 1 aliphatic heterocycles. The third-order valence-electron chi connectivity index (χ3n) is 3.16. The van der Waals surface area contributed by atoms with Crippen LogP contribution in [-0.4, -0.2) is 27.6 Å². The summed E-state index contributed by atoms with van der Waals surface area (Å²) < 4.78 is 8.20. The van der Waals surface area contributed by atoms with Crippen LogP contribution in [0.3, 0.4) is 0 Å². The smallest absolute Gasteiger partial charge is 0.135 e. The molecule has 90 valence electrons. The van der Waals surface area contributed by atoms with E-state index in [0.29, 0.717) is 13.0 Å².